The van der Waals surface area contributed by atoms with Crippen molar-refractivity contribution in [2.45, 2.75) is 0 Å². The van der Waals surface area contributed by atoms with Gasteiger partial charge in [0.2, 0.25) is 0 Å². The summed E-state index contributed by atoms with van der Waals surface area (Å²) in [7, 11) is 1.40. The van der Waals surface area contributed by atoms with Crippen molar-refractivity contribution in [2.75, 3.05) is 12.8 Å². The number of hydrogen-bond donors (Lipinski definition) is 1. The molecule has 0 aromatic heterocycles. The van der Waals surface area contributed by atoms with Crippen LogP contribution in [-0.2, 0) is 0 Å². The molecule has 1 aromatic carbocycles. The molecule has 0 bridgehead atoms. The van der Waals surface area contributed by atoms with E-state index in [1.165, 1.54) is 13.2 Å². The number of ether oxygens (including phenoxy) is 1. The Hall–Kier alpha value is -1.76. The summed E-state index contributed by atoms with van der Waals surface area (Å²) in [4.78, 5) is 0. The molecule has 0 atom stereocenters. The quantitative estimate of drug-likeness (QED) is 0.639. The molecule has 4 heteroatoms. The Bertz CT molecular complexity index is 344. The first-order valence-corrected chi connectivity index (χ1v) is 3.22. The fourth-order valence-electron chi connectivity index (χ4n) is 0.825. The fourth-order valence-corrected chi connectivity index (χ4v) is 0.825. The summed E-state index contributed by atoms with van der Waals surface area (Å²) in [5, 5.41) is 8.53. The lowest BCUT2D eigenvalue weighted by atomic mass is 10.2. The van der Waals surface area contributed by atoms with Gasteiger partial charge in [-0.05, 0) is 6.07 Å². The summed E-state index contributed by atoms with van der Waals surface area (Å²) in [5.74, 6) is -0.316. The van der Waals surface area contributed by atoms with Gasteiger partial charge in [0.15, 0.2) is 0 Å². The molecule has 0 spiro atoms. The Morgan fingerprint density at radius 1 is 1.58 bits per heavy atom. The molecule has 0 aliphatic rings. The number of methoxy groups -OCH3 is 1. The van der Waals surface area contributed by atoms with E-state index in [2.05, 4.69) is 0 Å². The van der Waals surface area contributed by atoms with Gasteiger partial charge in [-0.3, -0.25) is 0 Å². The highest BCUT2D eigenvalue weighted by molar-refractivity contribution is 5.53. The summed E-state index contributed by atoms with van der Waals surface area (Å²) in [6.07, 6.45) is 0. The first kappa shape index (κ1) is 8.34. The van der Waals surface area contributed by atoms with E-state index in [1.54, 1.807) is 6.07 Å². The Labute approximate surface area is 69.2 Å². The van der Waals surface area contributed by atoms with Crippen molar-refractivity contribution < 1.29 is 9.13 Å². The number of halogens is 1. The maximum Gasteiger partial charge on any atom is 0.147 e. The maximum atomic E-state index is 12.8. The van der Waals surface area contributed by atoms with Crippen LogP contribution >= 0.6 is 0 Å². The smallest absolute Gasteiger partial charge is 0.147 e. The van der Waals surface area contributed by atoms with Crippen LogP contribution in [0.5, 0.6) is 5.75 Å². The maximum absolute atomic E-state index is 12.8. The molecule has 0 amide bonds. The molecule has 0 radical (unpaired) electrons. The summed E-state index contributed by atoms with van der Waals surface area (Å²) >= 11 is 0. The van der Waals surface area contributed by atoms with Gasteiger partial charge in [-0.15, -0.1) is 0 Å². The summed E-state index contributed by atoms with van der Waals surface area (Å²) in [6.45, 7) is 0. The second-order valence-electron chi connectivity index (χ2n) is 2.19. The Morgan fingerprint density at radius 2 is 2.25 bits per heavy atom. The van der Waals surface area contributed by atoms with Crippen molar-refractivity contribution in [3.8, 4) is 11.8 Å². The number of nitrogens with zero attached hydrogens (tertiary/aromatic N) is 1. The highest BCUT2D eigenvalue weighted by atomic mass is 19.1. The minimum absolute atomic E-state index is 0.0224. The molecule has 3 nitrogen and oxygen atoms in total. The zero-order chi connectivity index (χ0) is 9.14. The Morgan fingerprint density at radius 3 is 2.75 bits per heavy atom. The average molecular weight is 166 g/mol. The summed E-state index contributed by atoms with van der Waals surface area (Å²) in [5.41, 5.74) is 5.38. The minimum Gasteiger partial charge on any atom is -0.495 e. The number of benzene rings is 1. The molecule has 0 saturated carbocycles. The third kappa shape index (κ3) is 1.30. The Kier molecular flexibility index (Phi) is 2.15. The van der Waals surface area contributed by atoms with Gasteiger partial charge in [0.1, 0.15) is 17.6 Å². The molecule has 1 aromatic rings. The SMILES string of the molecule is COc1cc(N)c(F)cc1C#N. The number of rotatable bonds is 1. The van der Waals surface area contributed by atoms with E-state index < -0.39 is 5.82 Å². The molecule has 0 fully saturated rings. The lowest BCUT2D eigenvalue weighted by Gasteiger charge is -2.03. The minimum atomic E-state index is -0.604. The van der Waals surface area contributed by atoms with Gasteiger partial charge in [-0.1, -0.05) is 0 Å². The molecular formula is C8H7FN2O. The average Bonchev–Trinajstić information content (AvgIpc) is 2.09. The number of nitrogens with two attached hydrogens (primary N) is 1. The number of hydrogen-bond acceptors (Lipinski definition) is 3. The van der Waals surface area contributed by atoms with Crippen molar-refractivity contribution in [3.05, 3.63) is 23.5 Å². The zero-order valence-electron chi connectivity index (χ0n) is 6.47. The number of anilines is 1. The molecule has 0 saturated heterocycles. The monoisotopic (exact) mass is 166 g/mol. The van der Waals surface area contributed by atoms with Crippen LogP contribution in [0.25, 0.3) is 0 Å². The van der Waals surface area contributed by atoms with E-state index in [9.17, 15) is 4.39 Å². The molecule has 12 heavy (non-hydrogen) atoms. The molecule has 1 rings (SSSR count). The second-order valence-corrected chi connectivity index (χ2v) is 2.19. The van der Waals surface area contributed by atoms with Gasteiger partial charge in [0, 0.05) is 6.07 Å². The topological polar surface area (TPSA) is 59.0 Å². The normalized spacial score (nSPS) is 9.08. The van der Waals surface area contributed by atoms with Crippen LogP contribution in [0.3, 0.4) is 0 Å². The summed E-state index contributed by atoms with van der Waals surface area (Å²) < 4.78 is 17.6. The van der Waals surface area contributed by atoms with Crippen molar-refractivity contribution in [2.24, 2.45) is 0 Å². The molecule has 0 aliphatic carbocycles. The van der Waals surface area contributed by atoms with Crippen molar-refractivity contribution in [1.82, 2.24) is 0 Å². The van der Waals surface area contributed by atoms with Gasteiger partial charge in [-0.25, -0.2) is 4.39 Å². The van der Waals surface area contributed by atoms with Gasteiger partial charge >= 0.3 is 0 Å². The van der Waals surface area contributed by atoms with Crippen LogP contribution < -0.4 is 10.5 Å². The highest BCUT2D eigenvalue weighted by Gasteiger charge is 2.06. The van der Waals surface area contributed by atoms with Crippen LogP contribution in [0, 0.1) is 17.1 Å². The van der Waals surface area contributed by atoms with Gasteiger partial charge in [0.25, 0.3) is 0 Å². The van der Waals surface area contributed by atoms with Crippen molar-refractivity contribution in [1.29, 1.82) is 5.26 Å². The van der Waals surface area contributed by atoms with Crippen LogP contribution in [0.1, 0.15) is 5.56 Å². The van der Waals surface area contributed by atoms with E-state index in [1.807, 2.05) is 0 Å². The lowest BCUT2D eigenvalue weighted by Crippen LogP contribution is -1.95. The van der Waals surface area contributed by atoms with E-state index in [-0.39, 0.29) is 17.0 Å². The largest absolute Gasteiger partial charge is 0.495 e. The molecule has 62 valence electrons. The number of nitriles is 1. The summed E-state index contributed by atoms with van der Waals surface area (Å²) in [6, 6.07) is 4.13. The highest BCUT2D eigenvalue weighted by Crippen LogP contribution is 2.23. The van der Waals surface area contributed by atoms with Gasteiger partial charge in [-0.2, -0.15) is 5.26 Å². The predicted octanol–water partition coefficient (Wildman–Crippen LogP) is 1.29. The van der Waals surface area contributed by atoms with E-state index in [4.69, 9.17) is 15.7 Å². The molecule has 0 unspecified atom stereocenters. The third-order valence-electron chi connectivity index (χ3n) is 1.44. The van der Waals surface area contributed by atoms with E-state index in [0.29, 0.717) is 0 Å². The number of nitrogen functional groups attached to an aromatic ring is 1. The van der Waals surface area contributed by atoms with Crippen LogP contribution in [-0.4, -0.2) is 7.11 Å². The van der Waals surface area contributed by atoms with Crippen LogP contribution in [0.4, 0.5) is 10.1 Å². The molecule has 0 aliphatic heterocycles. The first-order valence-electron chi connectivity index (χ1n) is 3.22. The van der Waals surface area contributed by atoms with E-state index >= 15 is 0 Å². The van der Waals surface area contributed by atoms with Crippen LogP contribution in [0.15, 0.2) is 12.1 Å². The van der Waals surface area contributed by atoms with E-state index in [0.717, 1.165) is 6.07 Å². The van der Waals surface area contributed by atoms with Crippen molar-refractivity contribution in [3.63, 3.8) is 0 Å². The lowest BCUT2D eigenvalue weighted by molar-refractivity contribution is 0.412. The standard InChI is InChI=1S/C8H7FN2O/c1-12-8-3-7(11)6(9)2-5(8)4-10/h2-3H,11H2,1H3. The Balaban J connectivity index is 3.31. The molecule has 0 heterocycles. The zero-order valence-corrected chi connectivity index (χ0v) is 6.47. The van der Waals surface area contributed by atoms with Crippen molar-refractivity contribution >= 4 is 5.69 Å². The second kappa shape index (κ2) is 3.09. The van der Waals surface area contributed by atoms with Gasteiger partial charge in [0.05, 0.1) is 18.4 Å². The molecular weight excluding hydrogens is 159 g/mol. The first-order chi connectivity index (χ1) is 5.69. The predicted molar refractivity (Wildman–Crippen MR) is 42.1 cm³/mol. The molecule has 2 N–H and O–H groups in total. The fraction of sp³-hybridized carbons (Fsp3) is 0.125. The van der Waals surface area contributed by atoms with Crippen LogP contribution in [0.2, 0.25) is 0 Å². The third-order valence-corrected chi connectivity index (χ3v) is 1.44. The van der Waals surface area contributed by atoms with Gasteiger partial charge < -0.3 is 10.5 Å².